The van der Waals surface area contributed by atoms with E-state index in [2.05, 4.69) is 17.1 Å². The van der Waals surface area contributed by atoms with Crippen molar-refractivity contribution in [1.29, 1.82) is 0 Å². The number of hydrogen-bond acceptors (Lipinski definition) is 4. The van der Waals surface area contributed by atoms with Gasteiger partial charge in [0.05, 0.1) is 6.61 Å². The lowest BCUT2D eigenvalue weighted by Crippen LogP contribution is -2.12. The Morgan fingerprint density at radius 2 is 2.43 bits per heavy atom. The Labute approximate surface area is 84.3 Å². The molecule has 5 nitrogen and oxygen atoms in total. The first-order valence-corrected chi connectivity index (χ1v) is 4.86. The number of rotatable bonds is 6. The number of aromatic nitrogens is 3. The van der Waals surface area contributed by atoms with Gasteiger partial charge in [-0.15, -0.1) is 10.2 Å². The van der Waals surface area contributed by atoms with Crippen molar-refractivity contribution in [1.82, 2.24) is 14.8 Å². The molecule has 1 aromatic rings. The molecule has 1 atom stereocenters. The summed E-state index contributed by atoms with van der Waals surface area (Å²) in [4.78, 5) is 0. The SMILES string of the molecule is COCCn1cnnc1C(C)CCN. The molecule has 0 aliphatic heterocycles. The third-order valence-electron chi connectivity index (χ3n) is 2.22. The van der Waals surface area contributed by atoms with Gasteiger partial charge in [0, 0.05) is 19.6 Å². The van der Waals surface area contributed by atoms with Crippen LogP contribution in [0.5, 0.6) is 0 Å². The quantitative estimate of drug-likeness (QED) is 0.717. The van der Waals surface area contributed by atoms with E-state index in [0.717, 1.165) is 18.8 Å². The van der Waals surface area contributed by atoms with E-state index >= 15 is 0 Å². The molecule has 0 bridgehead atoms. The summed E-state index contributed by atoms with van der Waals surface area (Å²) >= 11 is 0. The van der Waals surface area contributed by atoms with Gasteiger partial charge in [0.1, 0.15) is 12.2 Å². The van der Waals surface area contributed by atoms with Gasteiger partial charge in [0.2, 0.25) is 0 Å². The summed E-state index contributed by atoms with van der Waals surface area (Å²) in [6, 6.07) is 0. The van der Waals surface area contributed by atoms with Gasteiger partial charge in [-0.1, -0.05) is 6.92 Å². The van der Waals surface area contributed by atoms with Gasteiger partial charge >= 0.3 is 0 Å². The fourth-order valence-electron chi connectivity index (χ4n) is 1.39. The molecule has 80 valence electrons. The normalized spacial score (nSPS) is 13.1. The van der Waals surface area contributed by atoms with Crippen molar-refractivity contribution in [3.8, 4) is 0 Å². The van der Waals surface area contributed by atoms with Gasteiger partial charge < -0.3 is 15.0 Å². The maximum absolute atomic E-state index is 5.50. The molecule has 0 aliphatic carbocycles. The van der Waals surface area contributed by atoms with Gasteiger partial charge in [-0.2, -0.15) is 0 Å². The molecule has 2 N–H and O–H groups in total. The summed E-state index contributed by atoms with van der Waals surface area (Å²) in [5, 5.41) is 7.98. The Morgan fingerprint density at radius 1 is 1.64 bits per heavy atom. The van der Waals surface area contributed by atoms with Crippen LogP contribution in [0.2, 0.25) is 0 Å². The highest BCUT2D eigenvalue weighted by Crippen LogP contribution is 2.14. The zero-order valence-corrected chi connectivity index (χ0v) is 8.81. The smallest absolute Gasteiger partial charge is 0.135 e. The van der Waals surface area contributed by atoms with Crippen molar-refractivity contribution in [2.75, 3.05) is 20.3 Å². The molecule has 0 saturated heterocycles. The maximum atomic E-state index is 5.50. The fourth-order valence-corrected chi connectivity index (χ4v) is 1.39. The second-order valence-corrected chi connectivity index (χ2v) is 3.35. The van der Waals surface area contributed by atoms with Crippen LogP contribution in [0.15, 0.2) is 6.33 Å². The van der Waals surface area contributed by atoms with Crippen molar-refractivity contribution >= 4 is 0 Å². The predicted octanol–water partition coefficient (Wildman–Crippen LogP) is 0.377. The lowest BCUT2D eigenvalue weighted by atomic mass is 10.1. The van der Waals surface area contributed by atoms with Gasteiger partial charge in [-0.25, -0.2) is 0 Å². The van der Waals surface area contributed by atoms with Crippen LogP contribution in [0, 0.1) is 0 Å². The highest BCUT2D eigenvalue weighted by Gasteiger charge is 2.11. The summed E-state index contributed by atoms with van der Waals surface area (Å²) in [5.74, 6) is 1.35. The van der Waals surface area contributed by atoms with E-state index in [-0.39, 0.29) is 0 Å². The van der Waals surface area contributed by atoms with Crippen molar-refractivity contribution in [2.24, 2.45) is 5.73 Å². The predicted molar refractivity (Wildman–Crippen MR) is 54.0 cm³/mol. The first kappa shape index (κ1) is 11.1. The average Bonchev–Trinajstić information content (AvgIpc) is 2.63. The fraction of sp³-hybridized carbons (Fsp3) is 0.778. The van der Waals surface area contributed by atoms with Gasteiger partial charge in [0.15, 0.2) is 0 Å². The minimum Gasteiger partial charge on any atom is -0.383 e. The van der Waals surface area contributed by atoms with Crippen molar-refractivity contribution in [3.63, 3.8) is 0 Å². The Kier molecular flexibility index (Phi) is 4.55. The molecule has 14 heavy (non-hydrogen) atoms. The molecule has 1 rings (SSSR count). The van der Waals surface area contributed by atoms with Crippen LogP contribution < -0.4 is 5.73 Å². The van der Waals surface area contributed by atoms with Gasteiger partial charge in [-0.05, 0) is 13.0 Å². The summed E-state index contributed by atoms with van der Waals surface area (Å²) in [7, 11) is 1.69. The summed E-state index contributed by atoms with van der Waals surface area (Å²) in [6.45, 7) is 4.27. The molecular formula is C9H18N4O. The highest BCUT2D eigenvalue weighted by atomic mass is 16.5. The summed E-state index contributed by atoms with van der Waals surface area (Å²) < 4.78 is 7.03. The Bertz CT molecular complexity index is 261. The molecular weight excluding hydrogens is 180 g/mol. The van der Waals surface area contributed by atoms with E-state index in [0.29, 0.717) is 19.1 Å². The first-order valence-electron chi connectivity index (χ1n) is 4.86. The Balaban J connectivity index is 2.61. The van der Waals surface area contributed by atoms with E-state index < -0.39 is 0 Å². The molecule has 0 aromatic carbocycles. The van der Waals surface area contributed by atoms with Crippen LogP contribution in [-0.4, -0.2) is 35.0 Å². The van der Waals surface area contributed by atoms with E-state index in [1.165, 1.54) is 0 Å². The van der Waals surface area contributed by atoms with Gasteiger partial charge in [0.25, 0.3) is 0 Å². The molecule has 1 unspecified atom stereocenters. The minimum atomic E-state index is 0.361. The molecule has 0 fully saturated rings. The lowest BCUT2D eigenvalue weighted by Gasteiger charge is -2.11. The van der Waals surface area contributed by atoms with E-state index in [9.17, 15) is 0 Å². The number of hydrogen-bond donors (Lipinski definition) is 1. The second kappa shape index (κ2) is 5.72. The lowest BCUT2D eigenvalue weighted by molar-refractivity contribution is 0.186. The molecule has 1 heterocycles. The van der Waals surface area contributed by atoms with E-state index in [1.807, 2.05) is 4.57 Å². The Morgan fingerprint density at radius 3 is 3.07 bits per heavy atom. The molecule has 0 amide bonds. The van der Waals surface area contributed by atoms with Crippen LogP contribution >= 0.6 is 0 Å². The maximum Gasteiger partial charge on any atom is 0.135 e. The molecule has 0 saturated carbocycles. The second-order valence-electron chi connectivity index (χ2n) is 3.35. The third kappa shape index (κ3) is 2.78. The van der Waals surface area contributed by atoms with E-state index in [4.69, 9.17) is 10.5 Å². The Hall–Kier alpha value is -0.940. The average molecular weight is 198 g/mol. The van der Waals surface area contributed by atoms with Crippen molar-refractivity contribution in [2.45, 2.75) is 25.8 Å². The number of methoxy groups -OCH3 is 1. The number of nitrogens with zero attached hydrogens (tertiary/aromatic N) is 3. The topological polar surface area (TPSA) is 66.0 Å². The number of ether oxygens (including phenoxy) is 1. The monoisotopic (exact) mass is 198 g/mol. The van der Waals surface area contributed by atoms with Crippen LogP contribution in [0.25, 0.3) is 0 Å². The molecule has 1 aromatic heterocycles. The largest absolute Gasteiger partial charge is 0.383 e. The van der Waals surface area contributed by atoms with Crippen molar-refractivity contribution < 1.29 is 4.74 Å². The molecule has 5 heteroatoms. The third-order valence-corrected chi connectivity index (χ3v) is 2.22. The van der Waals surface area contributed by atoms with Crippen LogP contribution in [0.4, 0.5) is 0 Å². The first-order chi connectivity index (χ1) is 6.79. The van der Waals surface area contributed by atoms with E-state index in [1.54, 1.807) is 13.4 Å². The number of nitrogens with two attached hydrogens (primary N) is 1. The minimum absolute atomic E-state index is 0.361. The highest BCUT2D eigenvalue weighted by molar-refractivity contribution is 4.94. The zero-order chi connectivity index (χ0) is 10.4. The molecule has 0 radical (unpaired) electrons. The standard InChI is InChI=1S/C9H18N4O/c1-8(3-4-10)9-12-11-7-13(9)5-6-14-2/h7-8H,3-6,10H2,1-2H3. The summed E-state index contributed by atoms with van der Waals surface area (Å²) in [5.41, 5.74) is 5.50. The summed E-state index contributed by atoms with van der Waals surface area (Å²) in [6.07, 6.45) is 2.67. The zero-order valence-electron chi connectivity index (χ0n) is 8.81. The van der Waals surface area contributed by atoms with Crippen LogP contribution in [0.3, 0.4) is 0 Å². The molecule has 0 aliphatic rings. The van der Waals surface area contributed by atoms with Crippen LogP contribution in [-0.2, 0) is 11.3 Å². The van der Waals surface area contributed by atoms with Gasteiger partial charge in [-0.3, -0.25) is 0 Å². The molecule has 0 spiro atoms. The van der Waals surface area contributed by atoms with Crippen molar-refractivity contribution in [3.05, 3.63) is 12.2 Å². The van der Waals surface area contributed by atoms with Crippen LogP contribution in [0.1, 0.15) is 25.1 Å².